The highest BCUT2D eigenvalue weighted by molar-refractivity contribution is 7.99. The number of amides is 2. The summed E-state index contributed by atoms with van der Waals surface area (Å²) in [5, 5.41) is 6.57. The van der Waals surface area contributed by atoms with Gasteiger partial charge in [-0.05, 0) is 55.7 Å². The van der Waals surface area contributed by atoms with Crippen LogP contribution in [0.2, 0.25) is 0 Å². The standard InChI is InChI=1S/C22H22N4O2S/c1-15-4-2-7-19(12-15)26-11-10-23-22(26)29-14-20(27)24-18-6-3-5-16(13-18)21(28)25-17-8-9-17/h2-7,10-13,17H,8-9,14H2,1H3,(H,24,27)(H,25,28). The van der Waals surface area contributed by atoms with Crippen LogP contribution in [0, 0.1) is 6.92 Å². The molecule has 0 bridgehead atoms. The van der Waals surface area contributed by atoms with Crippen LogP contribution in [0.25, 0.3) is 5.69 Å². The Hall–Kier alpha value is -3.06. The maximum absolute atomic E-state index is 12.4. The first-order chi connectivity index (χ1) is 14.1. The summed E-state index contributed by atoms with van der Waals surface area (Å²) in [6, 6.07) is 15.4. The number of thioether (sulfide) groups is 1. The van der Waals surface area contributed by atoms with Crippen molar-refractivity contribution in [1.82, 2.24) is 14.9 Å². The third-order valence-corrected chi connectivity index (χ3v) is 5.51. The Morgan fingerprint density at radius 1 is 1.17 bits per heavy atom. The van der Waals surface area contributed by atoms with E-state index in [9.17, 15) is 9.59 Å². The fourth-order valence-corrected chi connectivity index (χ4v) is 3.71. The molecule has 0 spiro atoms. The first-order valence-electron chi connectivity index (χ1n) is 9.52. The molecule has 3 aromatic rings. The molecule has 1 aliphatic rings. The molecule has 1 heterocycles. The smallest absolute Gasteiger partial charge is 0.251 e. The molecule has 2 aromatic carbocycles. The van der Waals surface area contributed by atoms with Crippen LogP contribution in [-0.4, -0.2) is 33.2 Å². The molecule has 1 saturated carbocycles. The van der Waals surface area contributed by atoms with Crippen molar-refractivity contribution in [1.29, 1.82) is 0 Å². The van der Waals surface area contributed by atoms with Crippen molar-refractivity contribution in [3.05, 3.63) is 72.1 Å². The summed E-state index contributed by atoms with van der Waals surface area (Å²) in [5.41, 5.74) is 3.34. The summed E-state index contributed by atoms with van der Waals surface area (Å²) in [7, 11) is 0. The van der Waals surface area contributed by atoms with Gasteiger partial charge in [0.2, 0.25) is 5.91 Å². The lowest BCUT2D eigenvalue weighted by Gasteiger charge is -2.09. The van der Waals surface area contributed by atoms with Crippen molar-refractivity contribution >= 4 is 29.3 Å². The number of carbonyl (C=O) groups excluding carboxylic acids is 2. The van der Waals surface area contributed by atoms with Gasteiger partial charge in [-0.1, -0.05) is 30.0 Å². The number of nitrogens with one attached hydrogen (secondary N) is 2. The summed E-state index contributed by atoms with van der Waals surface area (Å²) in [6.45, 7) is 2.04. The van der Waals surface area contributed by atoms with E-state index in [-0.39, 0.29) is 17.6 Å². The predicted molar refractivity (Wildman–Crippen MR) is 115 cm³/mol. The number of aryl methyl sites for hydroxylation is 1. The van der Waals surface area contributed by atoms with Gasteiger partial charge in [-0.3, -0.25) is 14.2 Å². The third-order valence-electron chi connectivity index (χ3n) is 4.54. The summed E-state index contributed by atoms with van der Waals surface area (Å²) >= 11 is 1.37. The highest BCUT2D eigenvalue weighted by atomic mass is 32.2. The van der Waals surface area contributed by atoms with Gasteiger partial charge in [0, 0.05) is 35.4 Å². The second-order valence-electron chi connectivity index (χ2n) is 7.08. The largest absolute Gasteiger partial charge is 0.349 e. The number of hydrogen-bond acceptors (Lipinski definition) is 4. The molecule has 2 N–H and O–H groups in total. The zero-order valence-electron chi connectivity index (χ0n) is 16.1. The first-order valence-corrected chi connectivity index (χ1v) is 10.5. The van der Waals surface area contributed by atoms with Crippen molar-refractivity contribution in [2.45, 2.75) is 31.0 Å². The van der Waals surface area contributed by atoms with Crippen LogP contribution in [0.5, 0.6) is 0 Å². The fourth-order valence-electron chi connectivity index (χ4n) is 2.93. The van der Waals surface area contributed by atoms with E-state index in [0.29, 0.717) is 17.3 Å². The van der Waals surface area contributed by atoms with Crippen molar-refractivity contribution in [2.75, 3.05) is 11.1 Å². The second kappa shape index (κ2) is 8.53. The molecule has 1 aliphatic carbocycles. The van der Waals surface area contributed by atoms with Gasteiger partial charge < -0.3 is 10.6 Å². The third kappa shape index (κ3) is 5.06. The number of anilines is 1. The van der Waals surface area contributed by atoms with E-state index in [4.69, 9.17) is 0 Å². The summed E-state index contributed by atoms with van der Waals surface area (Å²) < 4.78 is 1.97. The Bertz CT molecular complexity index is 1040. The number of carbonyl (C=O) groups is 2. The average Bonchev–Trinajstić information content (AvgIpc) is 3.39. The highest BCUT2D eigenvalue weighted by Crippen LogP contribution is 2.22. The maximum atomic E-state index is 12.4. The number of nitrogens with zero attached hydrogens (tertiary/aromatic N) is 2. The molecule has 4 rings (SSSR count). The van der Waals surface area contributed by atoms with Gasteiger partial charge in [-0.15, -0.1) is 0 Å². The molecular weight excluding hydrogens is 384 g/mol. The molecule has 0 radical (unpaired) electrons. The quantitative estimate of drug-likeness (QED) is 0.585. The SMILES string of the molecule is Cc1cccc(-n2ccnc2SCC(=O)Nc2cccc(C(=O)NC3CC3)c2)c1. The molecule has 148 valence electrons. The van der Waals surface area contributed by atoms with E-state index >= 15 is 0 Å². The van der Waals surface area contributed by atoms with Gasteiger partial charge in [0.05, 0.1) is 5.75 Å². The van der Waals surface area contributed by atoms with Gasteiger partial charge >= 0.3 is 0 Å². The van der Waals surface area contributed by atoms with E-state index in [2.05, 4.69) is 21.7 Å². The molecule has 7 heteroatoms. The van der Waals surface area contributed by atoms with Crippen LogP contribution in [0.15, 0.2) is 66.1 Å². The Labute approximate surface area is 173 Å². The Morgan fingerprint density at radius 3 is 2.79 bits per heavy atom. The fraction of sp³-hybridized carbons (Fsp3) is 0.227. The topological polar surface area (TPSA) is 76.0 Å². The minimum atomic E-state index is -0.145. The van der Waals surface area contributed by atoms with Gasteiger partial charge in [-0.25, -0.2) is 4.98 Å². The lowest BCUT2D eigenvalue weighted by molar-refractivity contribution is -0.113. The molecule has 0 unspecified atom stereocenters. The monoisotopic (exact) mass is 406 g/mol. The molecule has 0 aliphatic heterocycles. The van der Waals surface area contributed by atoms with Crippen molar-refractivity contribution in [3.8, 4) is 5.69 Å². The maximum Gasteiger partial charge on any atom is 0.251 e. The van der Waals surface area contributed by atoms with E-state index in [0.717, 1.165) is 29.2 Å². The molecular formula is C22H22N4O2S. The zero-order valence-corrected chi connectivity index (χ0v) is 16.9. The van der Waals surface area contributed by atoms with Crippen LogP contribution in [0.4, 0.5) is 5.69 Å². The van der Waals surface area contributed by atoms with Gasteiger partial charge in [-0.2, -0.15) is 0 Å². The second-order valence-corrected chi connectivity index (χ2v) is 8.03. The Morgan fingerprint density at radius 2 is 2.00 bits per heavy atom. The van der Waals surface area contributed by atoms with Gasteiger partial charge in [0.25, 0.3) is 5.91 Å². The molecule has 0 atom stereocenters. The number of aromatic nitrogens is 2. The van der Waals surface area contributed by atoms with Crippen LogP contribution >= 0.6 is 11.8 Å². The molecule has 1 aromatic heterocycles. The van der Waals surface area contributed by atoms with Gasteiger partial charge in [0.1, 0.15) is 0 Å². The van der Waals surface area contributed by atoms with Crippen molar-refractivity contribution in [3.63, 3.8) is 0 Å². The summed E-state index contributed by atoms with van der Waals surface area (Å²) in [6.07, 6.45) is 5.69. The summed E-state index contributed by atoms with van der Waals surface area (Å²) in [4.78, 5) is 28.9. The molecule has 0 saturated heterocycles. The minimum absolute atomic E-state index is 0.0989. The number of benzene rings is 2. The van der Waals surface area contributed by atoms with E-state index in [1.165, 1.54) is 11.8 Å². The van der Waals surface area contributed by atoms with E-state index in [1.807, 2.05) is 35.9 Å². The van der Waals surface area contributed by atoms with Crippen LogP contribution in [0.3, 0.4) is 0 Å². The van der Waals surface area contributed by atoms with E-state index < -0.39 is 0 Å². The highest BCUT2D eigenvalue weighted by Gasteiger charge is 2.23. The molecule has 1 fully saturated rings. The molecule has 6 nitrogen and oxygen atoms in total. The van der Waals surface area contributed by atoms with E-state index in [1.54, 1.807) is 30.5 Å². The minimum Gasteiger partial charge on any atom is -0.349 e. The number of hydrogen-bond donors (Lipinski definition) is 2. The molecule has 29 heavy (non-hydrogen) atoms. The summed E-state index contributed by atoms with van der Waals surface area (Å²) in [5.74, 6) is -0.0203. The van der Waals surface area contributed by atoms with Crippen molar-refractivity contribution in [2.24, 2.45) is 0 Å². The normalized spacial score (nSPS) is 13.1. The van der Waals surface area contributed by atoms with Gasteiger partial charge in [0.15, 0.2) is 5.16 Å². The van der Waals surface area contributed by atoms with Crippen LogP contribution < -0.4 is 10.6 Å². The lowest BCUT2D eigenvalue weighted by atomic mass is 10.2. The average molecular weight is 407 g/mol. The predicted octanol–water partition coefficient (Wildman–Crippen LogP) is 3.80. The first kappa shape index (κ1) is 19.3. The van der Waals surface area contributed by atoms with Crippen LogP contribution in [-0.2, 0) is 4.79 Å². The number of rotatable bonds is 7. The Balaban J connectivity index is 1.36. The van der Waals surface area contributed by atoms with Crippen LogP contribution in [0.1, 0.15) is 28.8 Å². The zero-order chi connectivity index (χ0) is 20.2. The molecule has 2 amide bonds. The Kier molecular flexibility index (Phi) is 5.67. The van der Waals surface area contributed by atoms with Crippen molar-refractivity contribution < 1.29 is 9.59 Å². The number of imidazole rings is 1. The lowest BCUT2D eigenvalue weighted by Crippen LogP contribution is -2.25.